The molecule has 2 aliphatic heterocycles. The third-order valence-corrected chi connectivity index (χ3v) is 4.86. The number of carbonyl (C=O) groups is 1. The van der Waals surface area contributed by atoms with Crippen LogP contribution in [0.4, 0.5) is 0 Å². The molecule has 1 aromatic rings. The molecule has 2 saturated heterocycles. The fraction of sp³-hybridized carbons (Fsp3) is 0.682. The van der Waals surface area contributed by atoms with Gasteiger partial charge in [-0.25, -0.2) is 0 Å². The van der Waals surface area contributed by atoms with Crippen molar-refractivity contribution in [3.05, 3.63) is 35.9 Å². The first-order valence-corrected chi connectivity index (χ1v) is 9.94. The number of carbonyl (C=O) groups excluding carboxylic acids is 1. The lowest BCUT2D eigenvalue weighted by Gasteiger charge is -2.25. The van der Waals surface area contributed by atoms with Crippen LogP contribution < -0.4 is 5.32 Å². The summed E-state index contributed by atoms with van der Waals surface area (Å²) < 4.78 is 21.9. The maximum atomic E-state index is 10.7. The Morgan fingerprint density at radius 1 is 1.00 bits per heavy atom. The topological polar surface area (TPSA) is 66.0 Å². The molecule has 6 heteroatoms. The molecule has 0 saturated carbocycles. The maximum absolute atomic E-state index is 10.7. The first-order chi connectivity index (χ1) is 13.0. The second-order valence-corrected chi connectivity index (χ2v) is 8.38. The van der Waals surface area contributed by atoms with Gasteiger partial charge in [0.15, 0.2) is 17.4 Å². The Bertz CT molecular complexity index is 631. The molecule has 0 aromatic heterocycles. The molecule has 2 fully saturated rings. The van der Waals surface area contributed by atoms with Crippen molar-refractivity contribution in [2.75, 3.05) is 13.2 Å². The van der Waals surface area contributed by atoms with E-state index in [-0.39, 0.29) is 24.0 Å². The fourth-order valence-electron chi connectivity index (χ4n) is 3.19. The number of hydrogen-bond acceptors (Lipinski definition) is 6. The summed E-state index contributed by atoms with van der Waals surface area (Å²) in [6, 6.07) is 11.0. The zero-order valence-corrected chi connectivity index (χ0v) is 18.2. The van der Waals surface area contributed by atoms with Gasteiger partial charge in [0.1, 0.15) is 6.10 Å². The summed E-state index contributed by atoms with van der Waals surface area (Å²) >= 11 is 0. The van der Waals surface area contributed by atoms with Gasteiger partial charge in [0.25, 0.3) is 0 Å². The zero-order valence-electron chi connectivity index (χ0n) is 18.2. The maximum Gasteiger partial charge on any atom is 0.163 e. The van der Waals surface area contributed by atoms with Gasteiger partial charge in [-0.15, -0.1) is 0 Å². The van der Waals surface area contributed by atoms with Gasteiger partial charge < -0.3 is 24.3 Å². The molecule has 3 rings (SSSR count). The molecule has 1 N–H and O–H groups in total. The number of hydrogen-bond donors (Lipinski definition) is 1. The molecule has 0 aliphatic carbocycles. The van der Waals surface area contributed by atoms with Crippen LogP contribution in [0.2, 0.25) is 0 Å². The summed E-state index contributed by atoms with van der Waals surface area (Å²) in [5.41, 5.74) is 1.29. The summed E-state index contributed by atoms with van der Waals surface area (Å²) in [7, 11) is 0. The summed E-state index contributed by atoms with van der Waals surface area (Å²) in [5.74, 6) is -0.988. The van der Waals surface area contributed by atoms with E-state index in [4.69, 9.17) is 18.9 Å². The van der Waals surface area contributed by atoms with Crippen LogP contribution in [0.15, 0.2) is 30.3 Å². The molecule has 0 radical (unpaired) electrons. The van der Waals surface area contributed by atoms with Gasteiger partial charge in [-0.3, -0.25) is 4.79 Å². The van der Waals surface area contributed by atoms with Crippen LogP contribution in [-0.2, 0) is 23.7 Å². The molecular weight excluding hydrogens is 358 g/mol. The van der Waals surface area contributed by atoms with Crippen molar-refractivity contribution >= 4 is 5.78 Å². The highest BCUT2D eigenvalue weighted by molar-refractivity contribution is 5.80. The first kappa shape index (κ1) is 23.0. The van der Waals surface area contributed by atoms with Crippen molar-refractivity contribution in [2.45, 2.75) is 84.3 Å². The van der Waals surface area contributed by atoms with Crippen molar-refractivity contribution < 1.29 is 23.7 Å². The van der Waals surface area contributed by atoms with E-state index in [2.05, 4.69) is 43.4 Å². The lowest BCUT2D eigenvalue weighted by molar-refractivity contribution is -0.150. The Kier molecular flexibility index (Phi) is 7.76. The number of Topliss-reactive ketones (excluding diaryl/α,β-unsaturated/α-hetero) is 1. The molecule has 28 heavy (non-hydrogen) atoms. The lowest BCUT2D eigenvalue weighted by Crippen LogP contribution is -2.40. The summed E-state index contributed by atoms with van der Waals surface area (Å²) in [4.78, 5) is 10.7. The second-order valence-electron chi connectivity index (χ2n) is 8.38. The molecule has 0 bridgehead atoms. The molecular formula is C22H35NO5. The molecule has 0 spiro atoms. The predicted molar refractivity (Wildman–Crippen MR) is 108 cm³/mol. The number of benzene rings is 1. The van der Waals surface area contributed by atoms with Gasteiger partial charge in [-0.1, -0.05) is 30.3 Å². The van der Waals surface area contributed by atoms with Crippen LogP contribution in [-0.4, -0.2) is 48.8 Å². The van der Waals surface area contributed by atoms with Crippen molar-refractivity contribution in [1.82, 2.24) is 5.32 Å². The molecule has 2 heterocycles. The van der Waals surface area contributed by atoms with Gasteiger partial charge in [-0.2, -0.15) is 0 Å². The molecule has 1 aromatic carbocycles. The Balaban J connectivity index is 0.000000237. The molecule has 2 aliphatic rings. The molecule has 6 nitrogen and oxygen atoms in total. The second kappa shape index (κ2) is 9.46. The van der Waals surface area contributed by atoms with Crippen LogP contribution in [0.1, 0.15) is 60.1 Å². The van der Waals surface area contributed by atoms with E-state index >= 15 is 0 Å². The Morgan fingerprint density at radius 2 is 1.57 bits per heavy atom. The largest absolute Gasteiger partial charge is 0.348 e. The highest BCUT2D eigenvalue weighted by atomic mass is 16.7. The van der Waals surface area contributed by atoms with Gasteiger partial charge in [0.05, 0.1) is 19.3 Å². The number of nitrogens with one attached hydrogen (secondary N) is 1. The highest BCUT2D eigenvalue weighted by Crippen LogP contribution is 2.25. The average molecular weight is 394 g/mol. The summed E-state index contributed by atoms with van der Waals surface area (Å²) in [6.45, 7) is 14.4. The lowest BCUT2D eigenvalue weighted by atomic mass is 10.1. The van der Waals surface area contributed by atoms with Gasteiger partial charge in [-0.05, 0) is 54.0 Å². The fourth-order valence-corrected chi connectivity index (χ4v) is 3.19. The molecule has 0 amide bonds. The predicted octanol–water partition coefficient (Wildman–Crippen LogP) is 3.60. The number of rotatable bonds is 5. The summed E-state index contributed by atoms with van der Waals surface area (Å²) in [5, 5.41) is 3.57. The van der Waals surface area contributed by atoms with Crippen LogP contribution in [0, 0.1) is 0 Å². The van der Waals surface area contributed by atoms with E-state index in [0.29, 0.717) is 19.3 Å². The molecule has 4 atom stereocenters. The van der Waals surface area contributed by atoms with E-state index in [9.17, 15) is 4.79 Å². The van der Waals surface area contributed by atoms with E-state index in [1.807, 2.05) is 19.9 Å². The van der Waals surface area contributed by atoms with Crippen molar-refractivity contribution in [3.8, 4) is 0 Å². The summed E-state index contributed by atoms with van der Waals surface area (Å²) in [6.07, 6.45) is -0.235. The minimum absolute atomic E-state index is 0.0329. The SMILES string of the molecule is CC(=O)C1COC(C)(C)O1.C[C@@H](N[C@H](C)[C@@H]1COC(C)(C)O1)c1ccccc1. The molecule has 158 valence electrons. The number of ketones is 1. The van der Waals surface area contributed by atoms with Crippen molar-refractivity contribution in [2.24, 2.45) is 0 Å². The van der Waals surface area contributed by atoms with Crippen LogP contribution in [0.5, 0.6) is 0 Å². The minimum atomic E-state index is -0.573. The van der Waals surface area contributed by atoms with Crippen molar-refractivity contribution in [1.29, 1.82) is 0 Å². The Morgan fingerprint density at radius 3 is 2.00 bits per heavy atom. The van der Waals surface area contributed by atoms with E-state index in [0.717, 1.165) is 0 Å². The molecule has 1 unspecified atom stereocenters. The van der Waals surface area contributed by atoms with Gasteiger partial charge in [0, 0.05) is 12.1 Å². The number of ether oxygens (including phenoxy) is 4. The highest BCUT2D eigenvalue weighted by Gasteiger charge is 2.36. The third kappa shape index (κ3) is 6.94. The monoisotopic (exact) mass is 393 g/mol. The standard InChI is InChI=1S/C15H23NO2.C7H12O3/c1-11(13-8-6-5-7-9-13)16-12(2)14-10-17-15(3,4)18-14;1-5(8)6-4-9-7(2,3)10-6/h5-9,11-12,14,16H,10H2,1-4H3;6H,4H2,1-3H3/t11-,12-,14+;/m1./s1. The average Bonchev–Trinajstić information content (AvgIpc) is 3.18. The van der Waals surface area contributed by atoms with Crippen LogP contribution >= 0.6 is 0 Å². The Hall–Kier alpha value is -1.31. The first-order valence-electron chi connectivity index (χ1n) is 9.94. The smallest absolute Gasteiger partial charge is 0.163 e. The minimum Gasteiger partial charge on any atom is -0.348 e. The van der Waals surface area contributed by atoms with E-state index < -0.39 is 11.6 Å². The Labute approximate surface area is 168 Å². The third-order valence-electron chi connectivity index (χ3n) is 4.86. The van der Waals surface area contributed by atoms with E-state index in [1.54, 1.807) is 13.8 Å². The normalized spacial score (nSPS) is 27.5. The van der Waals surface area contributed by atoms with Crippen molar-refractivity contribution in [3.63, 3.8) is 0 Å². The van der Waals surface area contributed by atoms with E-state index in [1.165, 1.54) is 12.5 Å². The zero-order chi connectivity index (χ0) is 20.9. The van der Waals surface area contributed by atoms with Crippen LogP contribution in [0.3, 0.4) is 0 Å². The van der Waals surface area contributed by atoms with Gasteiger partial charge in [0.2, 0.25) is 0 Å². The quantitative estimate of drug-likeness (QED) is 0.824. The van der Waals surface area contributed by atoms with Gasteiger partial charge >= 0.3 is 0 Å². The van der Waals surface area contributed by atoms with Crippen LogP contribution in [0.25, 0.3) is 0 Å².